The monoisotopic (exact) mass is 379 g/mol. The average Bonchev–Trinajstić information content (AvgIpc) is 2.58. The zero-order chi connectivity index (χ0) is 20.5. The number of nitrogens with two attached hydrogens (primary N) is 1. The van der Waals surface area contributed by atoms with Gasteiger partial charge in [-0.2, -0.15) is 0 Å². The second-order valence-corrected chi connectivity index (χ2v) is 7.71. The fourth-order valence-corrected chi connectivity index (χ4v) is 3.01. The van der Waals surface area contributed by atoms with Gasteiger partial charge in [0.15, 0.2) is 0 Å². The number of hydrogen-bond donors (Lipinski definition) is 2. The lowest BCUT2D eigenvalue weighted by Gasteiger charge is -2.19. The molecule has 1 amide bonds. The summed E-state index contributed by atoms with van der Waals surface area (Å²) in [7, 11) is 0. The van der Waals surface area contributed by atoms with Crippen molar-refractivity contribution < 1.29 is 9.53 Å². The number of aromatic nitrogens is 3. The summed E-state index contributed by atoms with van der Waals surface area (Å²) in [6.07, 6.45) is 2.05. The number of nitrogens with zero attached hydrogens (tertiary/aromatic N) is 3. The van der Waals surface area contributed by atoms with Crippen LogP contribution in [0.2, 0.25) is 0 Å². The maximum Gasteiger partial charge on any atom is 0.413 e. The Hall–Kier alpha value is -3.22. The first-order chi connectivity index (χ1) is 13.2. The molecule has 3 rings (SSSR count). The van der Waals surface area contributed by atoms with E-state index in [0.717, 1.165) is 39.6 Å². The molecule has 3 N–H and O–H groups in total. The molecule has 0 saturated heterocycles. The molecule has 2 heterocycles. The highest BCUT2D eigenvalue weighted by Crippen LogP contribution is 2.30. The zero-order valence-electron chi connectivity index (χ0n) is 16.8. The fraction of sp³-hybridized carbons (Fsp3) is 0.333. The van der Waals surface area contributed by atoms with E-state index >= 15 is 0 Å². The number of anilines is 2. The summed E-state index contributed by atoms with van der Waals surface area (Å²) < 4.78 is 5.27. The van der Waals surface area contributed by atoms with Crippen molar-refractivity contribution in [1.82, 2.24) is 15.2 Å². The van der Waals surface area contributed by atoms with Crippen molar-refractivity contribution in [2.24, 2.45) is 0 Å². The highest BCUT2D eigenvalue weighted by atomic mass is 16.6. The molecule has 7 heteroatoms. The van der Waals surface area contributed by atoms with Crippen LogP contribution in [0.5, 0.6) is 0 Å². The molecular weight excluding hydrogens is 354 g/mol. The highest BCUT2D eigenvalue weighted by molar-refractivity contribution is 5.89. The fourth-order valence-electron chi connectivity index (χ4n) is 3.01. The molecular formula is C21H25N5O2. The predicted octanol–water partition coefficient (Wildman–Crippen LogP) is 4.49. The summed E-state index contributed by atoms with van der Waals surface area (Å²) in [5.74, 6) is 0.834. The number of nitrogen functional groups attached to an aromatic ring is 1. The lowest BCUT2D eigenvalue weighted by Crippen LogP contribution is -2.27. The van der Waals surface area contributed by atoms with E-state index in [1.54, 1.807) is 6.20 Å². The molecule has 0 unspecified atom stereocenters. The second-order valence-electron chi connectivity index (χ2n) is 7.71. The van der Waals surface area contributed by atoms with E-state index in [0.29, 0.717) is 11.6 Å². The van der Waals surface area contributed by atoms with Crippen molar-refractivity contribution >= 4 is 28.6 Å². The molecule has 0 bridgehead atoms. The summed E-state index contributed by atoms with van der Waals surface area (Å²) in [6, 6.07) is 7.78. The largest absolute Gasteiger partial charge is 0.444 e. The smallest absolute Gasteiger partial charge is 0.413 e. The van der Waals surface area contributed by atoms with Crippen molar-refractivity contribution in [3.8, 4) is 11.1 Å². The Bertz CT molecular complexity index is 1040. The van der Waals surface area contributed by atoms with Crippen LogP contribution in [0, 0.1) is 6.92 Å². The molecule has 2 aromatic heterocycles. The molecule has 0 spiro atoms. The van der Waals surface area contributed by atoms with E-state index in [1.165, 1.54) is 0 Å². The SMILES string of the molecule is CCc1cc(-c2cnc(NC(=O)OC(C)(C)C)cc2C)cc2cc(N)nnc12. The van der Waals surface area contributed by atoms with E-state index in [1.807, 2.05) is 45.9 Å². The number of carbonyl (C=O) groups is 1. The van der Waals surface area contributed by atoms with E-state index < -0.39 is 11.7 Å². The van der Waals surface area contributed by atoms with Crippen molar-refractivity contribution in [3.05, 3.63) is 41.6 Å². The number of fused-ring (bicyclic) bond motifs is 1. The average molecular weight is 379 g/mol. The van der Waals surface area contributed by atoms with Gasteiger partial charge < -0.3 is 10.5 Å². The van der Waals surface area contributed by atoms with Crippen LogP contribution in [-0.4, -0.2) is 26.9 Å². The van der Waals surface area contributed by atoms with Crippen molar-refractivity contribution in [2.75, 3.05) is 11.1 Å². The Morgan fingerprint density at radius 3 is 2.57 bits per heavy atom. The normalized spacial score (nSPS) is 11.5. The van der Waals surface area contributed by atoms with Crippen LogP contribution >= 0.6 is 0 Å². The minimum absolute atomic E-state index is 0.387. The highest BCUT2D eigenvalue weighted by Gasteiger charge is 2.17. The van der Waals surface area contributed by atoms with Crippen LogP contribution in [-0.2, 0) is 11.2 Å². The number of nitrogens with one attached hydrogen (secondary N) is 1. The van der Waals surface area contributed by atoms with Crippen LogP contribution in [0.4, 0.5) is 16.4 Å². The standard InChI is InChI=1S/C21H25N5O2/c1-6-13-8-14(9-15-10-17(22)25-26-19(13)15)16-11-23-18(7-12(16)2)24-20(27)28-21(3,4)5/h7-11H,6H2,1-5H3,(H2,22,25)(H,23,24,27). The molecule has 146 valence electrons. The van der Waals surface area contributed by atoms with Gasteiger partial charge in [0.05, 0.1) is 5.52 Å². The van der Waals surface area contributed by atoms with Crippen LogP contribution in [0.25, 0.3) is 22.0 Å². The van der Waals surface area contributed by atoms with Gasteiger partial charge in [-0.3, -0.25) is 5.32 Å². The van der Waals surface area contributed by atoms with Gasteiger partial charge in [0.25, 0.3) is 0 Å². The van der Waals surface area contributed by atoms with Gasteiger partial charge in [-0.05, 0) is 75.1 Å². The third kappa shape index (κ3) is 4.36. The molecule has 0 aliphatic carbocycles. The van der Waals surface area contributed by atoms with Gasteiger partial charge in [-0.15, -0.1) is 10.2 Å². The molecule has 3 aromatic rings. The minimum Gasteiger partial charge on any atom is -0.444 e. The van der Waals surface area contributed by atoms with Gasteiger partial charge in [0, 0.05) is 17.1 Å². The first-order valence-corrected chi connectivity index (χ1v) is 9.19. The van der Waals surface area contributed by atoms with E-state index in [2.05, 4.69) is 33.5 Å². The number of aryl methyl sites for hydroxylation is 2. The number of rotatable bonds is 3. The van der Waals surface area contributed by atoms with Gasteiger partial charge in [0.1, 0.15) is 17.2 Å². The Morgan fingerprint density at radius 1 is 1.18 bits per heavy atom. The minimum atomic E-state index is -0.564. The van der Waals surface area contributed by atoms with Crippen LogP contribution in [0.1, 0.15) is 38.8 Å². The van der Waals surface area contributed by atoms with E-state index in [9.17, 15) is 4.79 Å². The summed E-state index contributed by atoms with van der Waals surface area (Å²) in [6.45, 7) is 9.51. The number of carbonyl (C=O) groups excluding carboxylic acids is 1. The molecule has 0 aliphatic rings. The van der Waals surface area contributed by atoms with Gasteiger partial charge in [-0.25, -0.2) is 9.78 Å². The molecule has 0 fully saturated rings. The first kappa shape index (κ1) is 19.5. The maximum absolute atomic E-state index is 12.0. The van der Waals surface area contributed by atoms with Gasteiger partial charge in [0.2, 0.25) is 0 Å². The molecule has 7 nitrogen and oxygen atoms in total. The Kier molecular flexibility index (Phi) is 5.18. The summed E-state index contributed by atoms with van der Waals surface area (Å²) in [5, 5.41) is 11.8. The number of pyridine rings is 1. The maximum atomic E-state index is 12.0. The molecule has 0 radical (unpaired) electrons. The topological polar surface area (TPSA) is 103 Å². The summed E-state index contributed by atoms with van der Waals surface area (Å²) in [5.41, 5.74) is 10.2. The zero-order valence-corrected chi connectivity index (χ0v) is 16.8. The quantitative estimate of drug-likeness (QED) is 0.695. The number of hydrogen-bond acceptors (Lipinski definition) is 6. The number of benzene rings is 1. The molecule has 0 saturated carbocycles. The Morgan fingerprint density at radius 2 is 1.93 bits per heavy atom. The van der Waals surface area contributed by atoms with Crippen LogP contribution < -0.4 is 11.1 Å². The van der Waals surface area contributed by atoms with E-state index in [4.69, 9.17) is 10.5 Å². The van der Waals surface area contributed by atoms with Crippen molar-refractivity contribution in [3.63, 3.8) is 0 Å². The summed E-state index contributed by atoms with van der Waals surface area (Å²) >= 11 is 0. The third-order valence-corrected chi connectivity index (χ3v) is 4.22. The van der Waals surface area contributed by atoms with Crippen LogP contribution in [0.3, 0.4) is 0 Å². The van der Waals surface area contributed by atoms with Crippen molar-refractivity contribution in [1.29, 1.82) is 0 Å². The molecule has 0 aliphatic heterocycles. The van der Waals surface area contributed by atoms with Crippen LogP contribution in [0.15, 0.2) is 30.5 Å². The Labute approximate surface area is 164 Å². The third-order valence-electron chi connectivity index (χ3n) is 4.22. The lowest BCUT2D eigenvalue weighted by atomic mass is 9.97. The van der Waals surface area contributed by atoms with E-state index in [-0.39, 0.29) is 0 Å². The molecule has 28 heavy (non-hydrogen) atoms. The number of ether oxygens (including phenoxy) is 1. The molecule has 0 atom stereocenters. The first-order valence-electron chi connectivity index (χ1n) is 9.19. The molecule has 1 aromatic carbocycles. The van der Waals surface area contributed by atoms with Gasteiger partial charge >= 0.3 is 6.09 Å². The predicted molar refractivity (Wildman–Crippen MR) is 111 cm³/mol. The van der Waals surface area contributed by atoms with Crippen molar-refractivity contribution in [2.45, 2.75) is 46.6 Å². The second kappa shape index (κ2) is 7.42. The number of amides is 1. The lowest BCUT2D eigenvalue weighted by molar-refractivity contribution is 0.0635. The van der Waals surface area contributed by atoms with Gasteiger partial charge in [-0.1, -0.05) is 6.92 Å². The summed E-state index contributed by atoms with van der Waals surface area (Å²) in [4.78, 5) is 16.3. The Balaban J connectivity index is 1.95.